The van der Waals surface area contributed by atoms with Gasteiger partial charge in [0.05, 0.1) is 11.1 Å². The zero-order valence-corrected chi connectivity index (χ0v) is 8.49. The molecule has 2 heterocycles. The molecular weight excluding hydrogens is 210 g/mol. The van der Waals surface area contributed by atoms with E-state index in [1.165, 1.54) is 18.3 Å². The quantitative estimate of drug-likeness (QED) is 0.599. The number of rotatable bonds is 2. The van der Waals surface area contributed by atoms with Crippen molar-refractivity contribution in [2.75, 3.05) is 5.73 Å². The number of nitrogens with zero attached hydrogens (tertiary/aromatic N) is 4. The van der Waals surface area contributed by atoms with Gasteiger partial charge in [-0.15, -0.1) is 0 Å². The van der Waals surface area contributed by atoms with Crippen molar-refractivity contribution in [1.29, 1.82) is 0 Å². The van der Waals surface area contributed by atoms with E-state index in [4.69, 9.17) is 5.73 Å². The molecule has 2 rings (SSSR count). The Morgan fingerprint density at radius 2 is 2.25 bits per heavy atom. The van der Waals surface area contributed by atoms with Gasteiger partial charge in [-0.05, 0) is 6.07 Å². The molecule has 16 heavy (non-hydrogen) atoms. The highest BCUT2D eigenvalue weighted by molar-refractivity contribution is 5.69. The lowest BCUT2D eigenvalue weighted by Gasteiger charge is -2.00. The fraction of sp³-hybridized carbons (Fsp3) is 0.111. The lowest BCUT2D eigenvalue weighted by molar-refractivity contribution is -0.384. The molecule has 2 aromatic rings. The monoisotopic (exact) mass is 219 g/mol. The van der Waals surface area contributed by atoms with Crippen molar-refractivity contribution in [1.82, 2.24) is 14.8 Å². The van der Waals surface area contributed by atoms with Gasteiger partial charge in [-0.3, -0.25) is 14.8 Å². The number of hydrogen-bond acceptors (Lipinski definition) is 5. The van der Waals surface area contributed by atoms with E-state index in [1.54, 1.807) is 17.9 Å². The number of aromatic nitrogens is 3. The summed E-state index contributed by atoms with van der Waals surface area (Å²) in [6.45, 7) is 0. The first kappa shape index (κ1) is 10.1. The zero-order valence-electron chi connectivity index (χ0n) is 8.49. The molecule has 7 nitrogen and oxygen atoms in total. The Bertz CT molecular complexity index is 549. The summed E-state index contributed by atoms with van der Waals surface area (Å²) < 4.78 is 1.55. The second-order valence-electron chi connectivity index (χ2n) is 3.26. The summed E-state index contributed by atoms with van der Waals surface area (Å²) in [6, 6.07) is 2.74. The minimum absolute atomic E-state index is 0.0813. The predicted octanol–water partition coefficient (Wildman–Crippen LogP) is 0.972. The van der Waals surface area contributed by atoms with Crippen molar-refractivity contribution < 1.29 is 4.92 Å². The first-order valence-corrected chi connectivity index (χ1v) is 4.48. The predicted molar refractivity (Wildman–Crippen MR) is 57.5 cm³/mol. The van der Waals surface area contributed by atoms with Gasteiger partial charge in [0.2, 0.25) is 0 Å². The summed E-state index contributed by atoms with van der Waals surface area (Å²) in [6.07, 6.45) is 3.16. The van der Waals surface area contributed by atoms with Crippen molar-refractivity contribution in [3.05, 3.63) is 34.6 Å². The van der Waals surface area contributed by atoms with E-state index in [2.05, 4.69) is 10.1 Å². The van der Waals surface area contributed by atoms with Crippen molar-refractivity contribution in [2.45, 2.75) is 0 Å². The molecule has 0 saturated heterocycles. The number of nitrogens with two attached hydrogens (primary N) is 1. The third-order valence-electron chi connectivity index (χ3n) is 2.07. The van der Waals surface area contributed by atoms with Crippen LogP contribution in [0.2, 0.25) is 0 Å². The number of anilines is 1. The SMILES string of the molecule is Cn1cc(-c2nc(N)ccc2[N+](=O)[O-])cn1. The molecule has 2 N–H and O–H groups in total. The Balaban J connectivity index is 2.62. The number of nitrogen functional groups attached to an aromatic ring is 1. The van der Waals surface area contributed by atoms with Gasteiger partial charge in [0.1, 0.15) is 5.82 Å². The fourth-order valence-corrected chi connectivity index (χ4v) is 1.37. The van der Waals surface area contributed by atoms with Gasteiger partial charge < -0.3 is 5.73 Å². The van der Waals surface area contributed by atoms with Crippen LogP contribution in [-0.4, -0.2) is 19.7 Å². The van der Waals surface area contributed by atoms with E-state index in [1.807, 2.05) is 0 Å². The minimum atomic E-state index is -0.491. The highest BCUT2D eigenvalue weighted by Gasteiger charge is 2.18. The molecule has 0 aromatic carbocycles. The lowest BCUT2D eigenvalue weighted by Crippen LogP contribution is -1.97. The number of aryl methyl sites for hydroxylation is 1. The van der Waals surface area contributed by atoms with Gasteiger partial charge in [-0.1, -0.05) is 0 Å². The van der Waals surface area contributed by atoms with Gasteiger partial charge in [-0.2, -0.15) is 5.10 Å². The summed E-state index contributed by atoms with van der Waals surface area (Å²) in [5, 5.41) is 14.7. The minimum Gasteiger partial charge on any atom is -0.384 e. The van der Waals surface area contributed by atoms with Crippen LogP contribution in [0.4, 0.5) is 11.5 Å². The van der Waals surface area contributed by atoms with Crippen LogP contribution in [-0.2, 0) is 7.05 Å². The Morgan fingerprint density at radius 1 is 1.50 bits per heavy atom. The third kappa shape index (κ3) is 1.70. The molecule has 2 aromatic heterocycles. The molecule has 0 radical (unpaired) electrons. The summed E-state index contributed by atoms with van der Waals surface area (Å²) in [5.41, 5.74) is 6.23. The Morgan fingerprint density at radius 3 is 2.81 bits per heavy atom. The molecule has 0 bridgehead atoms. The Kier molecular flexibility index (Phi) is 2.28. The number of pyridine rings is 1. The van der Waals surface area contributed by atoms with Gasteiger partial charge in [-0.25, -0.2) is 4.98 Å². The first-order chi connectivity index (χ1) is 7.58. The van der Waals surface area contributed by atoms with Crippen LogP contribution in [0.1, 0.15) is 0 Å². The maximum atomic E-state index is 10.8. The van der Waals surface area contributed by atoms with E-state index in [9.17, 15) is 10.1 Å². The van der Waals surface area contributed by atoms with Crippen LogP contribution in [0, 0.1) is 10.1 Å². The van der Waals surface area contributed by atoms with Crippen LogP contribution in [0.15, 0.2) is 24.5 Å². The van der Waals surface area contributed by atoms with Gasteiger partial charge in [0.25, 0.3) is 5.69 Å². The van der Waals surface area contributed by atoms with Crippen LogP contribution in [0.25, 0.3) is 11.3 Å². The Labute approximate surface area is 90.7 Å². The molecule has 0 unspecified atom stereocenters. The average molecular weight is 219 g/mol. The lowest BCUT2D eigenvalue weighted by atomic mass is 10.2. The van der Waals surface area contributed by atoms with Crippen LogP contribution in [0.5, 0.6) is 0 Å². The topological polar surface area (TPSA) is 99.9 Å². The van der Waals surface area contributed by atoms with E-state index < -0.39 is 4.92 Å². The molecule has 0 aliphatic carbocycles. The molecule has 82 valence electrons. The van der Waals surface area contributed by atoms with Crippen LogP contribution in [0.3, 0.4) is 0 Å². The van der Waals surface area contributed by atoms with Crippen molar-refractivity contribution in [3.63, 3.8) is 0 Å². The molecule has 0 saturated carbocycles. The summed E-state index contributed by atoms with van der Waals surface area (Å²) in [5.74, 6) is 0.240. The molecular formula is C9H9N5O2. The van der Waals surface area contributed by atoms with Crippen molar-refractivity contribution in [2.24, 2.45) is 7.05 Å². The number of hydrogen-bond donors (Lipinski definition) is 1. The van der Waals surface area contributed by atoms with Gasteiger partial charge >= 0.3 is 0 Å². The van der Waals surface area contributed by atoms with Crippen LogP contribution < -0.4 is 5.73 Å². The molecule has 0 spiro atoms. The molecule has 0 aliphatic heterocycles. The second kappa shape index (κ2) is 3.61. The summed E-state index contributed by atoms with van der Waals surface area (Å²) in [7, 11) is 1.72. The van der Waals surface area contributed by atoms with E-state index in [0.29, 0.717) is 5.56 Å². The maximum absolute atomic E-state index is 10.8. The maximum Gasteiger partial charge on any atom is 0.295 e. The van der Waals surface area contributed by atoms with Crippen LogP contribution >= 0.6 is 0 Å². The zero-order chi connectivity index (χ0) is 11.7. The van der Waals surface area contributed by atoms with E-state index in [0.717, 1.165) is 0 Å². The molecule has 0 fully saturated rings. The highest BCUT2D eigenvalue weighted by atomic mass is 16.6. The molecule has 0 amide bonds. The van der Waals surface area contributed by atoms with Crippen molar-refractivity contribution >= 4 is 11.5 Å². The average Bonchev–Trinajstić information content (AvgIpc) is 2.64. The third-order valence-corrected chi connectivity index (χ3v) is 2.07. The summed E-state index contributed by atoms with van der Waals surface area (Å²) >= 11 is 0. The highest BCUT2D eigenvalue weighted by Crippen LogP contribution is 2.27. The smallest absolute Gasteiger partial charge is 0.295 e. The normalized spacial score (nSPS) is 10.3. The summed E-state index contributed by atoms with van der Waals surface area (Å²) in [4.78, 5) is 14.3. The second-order valence-corrected chi connectivity index (χ2v) is 3.26. The number of nitro groups is 1. The van der Waals surface area contributed by atoms with Gasteiger partial charge in [0.15, 0.2) is 5.69 Å². The van der Waals surface area contributed by atoms with E-state index in [-0.39, 0.29) is 17.2 Å². The largest absolute Gasteiger partial charge is 0.384 e. The van der Waals surface area contributed by atoms with Gasteiger partial charge in [0, 0.05) is 24.9 Å². The molecule has 0 aliphatic rings. The fourth-order valence-electron chi connectivity index (χ4n) is 1.37. The first-order valence-electron chi connectivity index (χ1n) is 4.48. The standard InChI is InChI=1S/C9H9N5O2/c1-13-5-6(4-11-13)9-7(14(15)16)2-3-8(10)12-9/h2-5H,1H3,(H2,10,12). The van der Waals surface area contributed by atoms with E-state index >= 15 is 0 Å². The molecule has 7 heteroatoms. The molecule has 0 atom stereocenters. The Hall–Kier alpha value is -2.44. The van der Waals surface area contributed by atoms with Crippen molar-refractivity contribution in [3.8, 4) is 11.3 Å².